The van der Waals surface area contributed by atoms with Crippen LogP contribution < -0.4 is 10.6 Å². The summed E-state index contributed by atoms with van der Waals surface area (Å²) in [6.07, 6.45) is 1.28. The Morgan fingerprint density at radius 3 is 2.14 bits per heavy atom. The third kappa shape index (κ3) is 9.70. The molecule has 2 N–H and O–H groups in total. The summed E-state index contributed by atoms with van der Waals surface area (Å²) in [5, 5.41) is 5.17. The molecule has 0 bridgehead atoms. The summed E-state index contributed by atoms with van der Waals surface area (Å²) in [6.45, 7) is 6.28. The Morgan fingerprint density at radius 2 is 1.57 bits per heavy atom. The van der Waals surface area contributed by atoms with Gasteiger partial charge in [0.2, 0.25) is 0 Å². The van der Waals surface area contributed by atoms with Crippen LogP contribution in [0.25, 0.3) is 0 Å². The van der Waals surface area contributed by atoms with Gasteiger partial charge in [0.05, 0.1) is 19.3 Å². The summed E-state index contributed by atoms with van der Waals surface area (Å²) in [5.74, 6) is -0.0265. The molecule has 0 aliphatic carbocycles. The van der Waals surface area contributed by atoms with E-state index in [0.29, 0.717) is 38.8 Å². The van der Waals surface area contributed by atoms with Gasteiger partial charge in [0, 0.05) is 13.0 Å². The number of carbonyl (C=O) groups is 3. The first-order chi connectivity index (χ1) is 10.0. The zero-order chi connectivity index (χ0) is 16.1. The van der Waals surface area contributed by atoms with Crippen LogP contribution in [0.5, 0.6) is 0 Å². The molecule has 0 aromatic carbocycles. The number of rotatable bonds is 10. The van der Waals surface area contributed by atoms with Crippen molar-refractivity contribution in [2.45, 2.75) is 52.5 Å². The fourth-order valence-corrected chi connectivity index (χ4v) is 1.72. The van der Waals surface area contributed by atoms with E-state index in [2.05, 4.69) is 10.6 Å². The van der Waals surface area contributed by atoms with Gasteiger partial charge in [-0.1, -0.05) is 6.92 Å². The minimum Gasteiger partial charge on any atom is -0.450 e. The van der Waals surface area contributed by atoms with Crippen molar-refractivity contribution in [3.8, 4) is 0 Å². The SMILES string of the molecule is CCOC(=O)NCCCCC(NC(=O)OCC)C(=O)CC. The largest absolute Gasteiger partial charge is 0.450 e. The van der Waals surface area contributed by atoms with Crippen LogP contribution >= 0.6 is 0 Å². The van der Waals surface area contributed by atoms with Crippen molar-refractivity contribution in [1.82, 2.24) is 10.6 Å². The maximum atomic E-state index is 11.7. The number of nitrogens with one attached hydrogen (secondary N) is 2. The number of ketones is 1. The first-order valence-electron chi connectivity index (χ1n) is 7.41. The lowest BCUT2D eigenvalue weighted by molar-refractivity contribution is -0.120. The number of amides is 2. The maximum Gasteiger partial charge on any atom is 0.407 e. The highest BCUT2D eigenvalue weighted by Gasteiger charge is 2.19. The normalized spacial score (nSPS) is 11.4. The average molecular weight is 302 g/mol. The first-order valence-corrected chi connectivity index (χ1v) is 7.41. The van der Waals surface area contributed by atoms with Gasteiger partial charge < -0.3 is 20.1 Å². The number of hydrogen-bond donors (Lipinski definition) is 2. The molecule has 0 rings (SSSR count). The fraction of sp³-hybridized carbons (Fsp3) is 0.786. The molecule has 0 aromatic rings. The van der Waals surface area contributed by atoms with Crippen molar-refractivity contribution in [2.24, 2.45) is 0 Å². The highest BCUT2D eigenvalue weighted by atomic mass is 16.6. The van der Waals surface area contributed by atoms with Crippen molar-refractivity contribution in [2.75, 3.05) is 19.8 Å². The minimum absolute atomic E-state index is 0.0265. The van der Waals surface area contributed by atoms with E-state index in [0.717, 1.165) is 0 Å². The van der Waals surface area contributed by atoms with E-state index in [1.165, 1.54) is 0 Å². The summed E-state index contributed by atoms with van der Waals surface area (Å²) in [5.41, 5.74) is 0. The number of alkyl carbamates (subject to hydrolysis) is 2. The Labute approximate surface area is 125 Å². The van der Waals surface area contributed by atoms with Crippen molar-refractivity contribution in [3.05, 3.63) is 0 Å². The van der Waals surface area contributed by atoms with Gasteiger partial charge in [0.15, 0.2) is 5.78 Å². The zero-order valence-corrected chi connectivity index (χ0v) is 13.1. The number of carbonyl (C=O) groups excluding carboxylic acids is 3. The molecule has 0 radical (unpaired) electrons. The van der Waals surface area contributed by atoms with Crippen LogP contribution in [0.4, 0.5) is 9.59 Å². The van der Waals surface area contributed by atoms with Gasteiger partial charge in [-0.05, 0) is 33.1 Å². The first kappa shape index (κ1) is 19.2. The van der Waals surface area contributed by atoms with Gasteiger partial charge in [-0.15, -0.1) is 0 Å². The van der Waals surface area contributed by atoms with Crippen LogP contribution in [0.1, 0.15) is 46.5 Å². The molecule has 0 spiro atoms. The number of unbranched alkanes of at least 4 members (excludes halogenated alkanes) is 1. The Bertz CT molecular complexity index is 333. The van der Waals surface area contributed by atoms with Crippen LogP contribution in [0.15, 0.2) is 0 Å². The molecule has 0 saturated heterocycles. The summed E-state index contributed by atoms with van der Waals surface area (Å²) in [4.78, 5) is 34.2. The van der Waals surface area contributed by atoms with Crippen molar-refractivity contribution >= 4 is 18.0 Å². The Hall–Kier alpha value is -1.79. The topological polar surface area (TPSA) is 93.7 Å². The van der Waals surface area contributed by atoms with Crippen LogP contribution in [0, 0.1) is 0 Å². The second-order valence-electron chi connectivity index (χ2n) is 4.38. The second-order valence-corrected chi connectivity index (χ2v) is 4.38. The maximum absolute atomic E-state index is 11.7. The van der Waals surface area contributed by atoms with Gasteiger partial charge in [-0.3, -0.25) is 4.79 Å². The molecule has 0 aromatic heterocycles. The quantitative estimate of drug-likeness (QED) is 0.602. The molecule has 1 atom stereocenters. The van der Waals surface area contributed by atoms with Crippen LogP contribution in [0.3, 0.4) is 0 Å². The summed E-state index contributed by atoms with van der Waals surface area (Å²) < 4.78 is 9.50. The molecule has 0 saturated carbocycles. The Morgan fingerprint density at radius 1 is 0.952 bits per heavy atom. The third-order valence-corrected chi connectivity index (χ3v) is 2.77. The van der Waals surface area contributed by atoms with Crippen LogP contribution in [-0.4, -0.2) is 43.8 Å². The second kappa shape index (κ2) is 12.0. The van der Waals surface area contributed by atoms with E-state index in [1.807, 2.05) is 0 Å². The van der Waals surface area contributed by atoms with E-state index in [4.69, 9.17) is 9.47 Å². The standard InChI is InChI=1S/C14H26N2O5/c1-4-12(17)11(16-14(19)21-6-3)9-7-8-10-15-13(18)20-5-2/h11H,4-10H2,1-3H3,(H,15,18)(H,16,19). The molecule has 122 valence electrons. The fourth-order valence-electron chi connectivity index (χ4n) is 1.72. The van der Waals surface area contributed by atoms with Crippen molar-refractivity contribution in [1.29, 1.82) is 0 Å². The van der Waals surface area contributed by atoms with Gasteiger partial charge in [-0.25, -0.2) is 9.59 Å². The van der Waals surface area contributed by atoms with E-state index in [1.54, 1.807) is 20.8 Å². The molecule has 0 aliphatic heterocycles. The average Bonchev–Trinajstić information content (AvgIpc) is 2.45. The predicted molar refractivity (Wildman–Crippen MR) is 78.1 cm³/mol. The Balaban J connectivity index is 3.99. The van der Waals surface area contributed by atoms with Gasteiger partial charge in [0.25, 0.3) is 0 Å². The highest BCUT2D eigenvalue weighted by molar-refractivity contribution is 5.87. The molecular weight excluding hydrogens is 276 g/mol. The third-order valence-electron chi connectivity index (χ3n) is 2.77. The smallest absolute Gasteiger partial charge is 0.407 e. The highest BCUT2D eigenvalue weighted by Crippen LogP contribution is 2.04. The molecule has 0 fully saturated rings. The zero-order valence-electron chi connectivity index (χ0n) is 13.1. The molecule has 7 nitrogen and oxygen atoms in total. The molecule has 2 amide bonds. The van der Waals surface area contributed by atoms with E-state index in [9.17, 15) is 14.4 Å². The predicted octanol–water partition coefficient (Wildman–Crippen LogP) is 2.00. The van der Waals surface area contributed by atoms with Gasteiger partial charge >= 0.3 is 12.2 Å². The molecule has 1 unspecified atom stereocenters. The number of Topliss-reactive ketones (excluding diaryl/α,β-unsaturated/α-hetero) is 1. The van der Waals surface area contributed by atoms with Crippen LogP contribution in [0.2, 0.25) is 0 Å². The lowest BCUT2D eigenvalue weighted by Gasteiger charge is -2.16. The lowest BCUT2D eigenvalue weighted by Crippen LogP contribution is -2.41. The van der Waals surface area contributed by atoms with E-state index < -0.39 is 18.2 Å². The molecule has 0 aliphatic rings. The van der Waals surface area contributed by atoms with Crippen LogP contribution in [-0.2, 0) is 14.3 Å². The molecule has 21 heavy (non-hydrogen) atoms. The minimum atomic E-state index is -0.575. The van der Waals surface area contributed by atoms with E-state index in [-0.39, 0.29) is 12.4 Å². The lowest BCUT2D eigenvalue weighted by atomic mass is 10.0. The van der Waals surface area contributed by atoms with Crippen molar-refractivity contribution in [3.63, 3.8) is 0 Å². The monoisotopic (exact) mass is 302 g/mol. The summed E-state index contributed by atoms with van der Waals surface area (Å²) in [6, 6.07) is -0.531. The number of hydrogen-bond acceptors (Lipinski definition) is 5. The molecule has 0 heterocycles. The van der Waals surface area contributed by atoms with Gasteiger partial charge in [0.1, 0.15) is 0 Å². The van der Waals surface area contributed by atoms with Gasteiger partial charge in [-0.2, -0.15) is 0 Å². The number of ether oxygens (including phenoxy) is 2. The molecular formula is C14H26N2O5. The van der Waals surface area contributed by atoms with Crippen molar-refractivity contribution < 1.29 is 23.9 Å². The summed E-state index contributed by atoms with van der Waals surface area (Å²) >= 11 is 0. The van der Waals surface area contributed by atoms with E-state index >= 15 is 0 Å². The summed E-state index contributed by atoms with van der Waals surface area (Å²) in [7, 11) is 0. The molecule has 7 heteroatoms. The Kier molecular flexibility index (Phi) is 11.0.